The molecule has 2 aromatic rings. The van der Waals surface area contributed by atoms with Crippen molar-refractivity contribution in [3.8, 4) is 0 Å². The number of halogens is 5. The second-order valence-corrected chi connectivity index (χ2v) is 8.26. The lowest BCUT2D eigenvalue weighted by atomic mass is 9.81. The van der Waals surface area contributed by atoms with Crippen LogP contribution in [0.2, 0.25) is 0 Å². The van der Waals surface area contributed by atoms with E-state index in [1.807, 2.05) is 5.10 Å². The zero-order chi connectivity index (χ0) is 24.0. The Bertz CT molecular complexity index is 1100. The number of hydrogen-bond acceptors (Lipinski definition) is 4. The summed E-state index contributed by atoms with van der Waals surface area (Å²) >= 11 is 0. The van der Waals surface area contributed by atoms with Crippen molar-refractivity contribution >= 4 is 17.4 Å². The minimum atomic E-state index is -4.81. The van der Waals surface area contributed by atoms with Gasteiger partial charge in [-0.3, -0.25) is 9.89 Å². The Balaban J connectivity index is 2.19. The number of hydrogen-bond donors (Lipinski definition) is 1. The Kier molecular flexibility index (Phi) is 5.88. The van der Waals surface area contributed by atoms with Gasteiger partial charge in [-0.05, 0) is 26.0 Å². The molecule has 0 unspecified atom stereocenters. The summed E-state index contributed by atoms with van der Waals surface area (Å²) in [6.45, 7) is 5.60. The predicted octanol–water partition coefficient (Wildman–Crippen LogP) is 4.43. The highest BCUT2D eigenvalue weighted by Crippen LogP contribution is 2.42. The van der Waals surface area contributed by atoms with Gasteiger partial charge in [0.25, 0.3) is 5.91 Å². The highest BCUT2D eigenvalue weighted by atomic mass is 19.4. The summed E-state index contributed by atoms with van der Waals surface area (Å²) in [5.74, 6) is -4.02. The topological polar surface area (TPSA) is 75.3 Å². The van der Waals surface area contributed by atoms with Crippen molar-refractivity contribution in [2.24, 2.45) is 0 Å². The quantitative estimate of drug-likeness (QED) is 0.547. The van der Waals surface area contributed by atoms with E-state index in [2.05, 4.69) is 5.10 Å². The third-order valence-electron chi connectivity index (χ3n) is 4.82. The van der Waals surface area contributed by atoms with Gasteiger partial charge in [-0.2, -0.15) is 18.3 Å². The number of rotatable bonds is 3. The molecular formula is C21H20F5N3O3. The minimum absolute atomic E-state index is 0.317. The summed E-state index contributed by atoms with van der Waals surface area (Å²) in [7, 11) is 0. The number of nitrogens with zero attached hydrogens (tertiary/aromatic N) is 2. The van der Waals surface area contributed by atoms with Gasteiger partial charge in [0.15, 0.2) is 0 Å². The fourth-order valence-electron chi connectivity index (χ4n) is 3.54. The first-order valence-electron chi connectivity index (χ1n) is 9.57. The smallest absolute Gasteiger partial charge is 0.433 e. The highest BCUT2D eigenvalue weighted by molar-refractivity contribution is 6.17. The molecule has 0 fully saturated rings. The standard InChI is InChI=1S/C21H20F5N3O3/c1-10(2)32-19(31)13-8-29(18(30)12-6-5-11(22)7-14(12)23)9-20(3,4)15-16(13)27-28-17(15)21(24,25)26/h5-8,10H,9H2,1-4H3,(H,27,28). The number of alkyl halides is 3. The first-order chi connectivity index (χ1) is 14.7. The van der Waals surface area contributed by atoms with Gasteiger partial charge >= 0.3 is 12.1 Å². The van der Waals surface area contributed by atoms with Crippen LogP contribution in [0.4, 0.5) is 22.0 Å². The second kappa shape index (κ2) is 8.03. The summed E-state index contributed by atoms with van der Waals surface area (Å²) in [5, 5.41) is 5.65. The van der Waals surface area contributed by atoms with Crippen molar-refractivity contribution in [1.82, 2.24) is 15.1 Å². The number of amides is 1. The Morgan fingerprint density at radius 3 is 2.44 bits per heavy atom. The van der Waals surface area contributed by atoms with Gasteiger partial charge in [0, 0.05) is 29.8 Å². The van der Waals surface area contributed by atoms with Crippen LogP contribution in [0.5, 0.6) is 0 Å². The van der Waals surface area contributed by atoms with Gasteiger partial charge in [-0.1, -0.05) is 13.8 Å². The van der Waals surface area contributed by atoms with E-state index in [-0.39, 0.29) is 17.8 Å². The number of benzene rings is 1. The Morgan fingerprint density at radius 1 is 1.22 bits per heavy atom. The second-order valence-electron chi connectivity index (χ2n) is 8.26. The van der Waals surface area contributed by atoms with Crippen molar-refractivity contribution in [3.63, 3.8) is 0 Å². The maximum atomic E-state index is 14.2. The maximum absolute atomic E-state index is 14.2. The van der Waals surface area contributed by atoms with Gasteiger partial charge in [-0.25, -0.2) is 13.6 Å². The summed E-state index contributed by atoms with van der Waals surface area (Å²) < 4.78 is 73.6. The number of ether oxygens (including phenoxy) is 1. The molecule has 6 nitrogen and oxygen atoms in total. The number of carbonyl (C=O) groups excluding carboxylic acids is 2. The molecule has 0 radical (unpaired) electrons. The average molecular weight is 457 g/mol. The normalized spacial score (nSPS) is 15.8. The van der Waals surface area contributed by atoms with Crippen LogP contribution in [0.3, 0.4) is 0 Å². The molecule has 1 aliphatic heterocycles. The Hall–Kier alpha value is -3.24. The van der Waals surface area contributed by atoms with Crippen LogP contribution in [0.25, 0.3) is 5.57 Å². The molecule has 0 atom stereocenters. The molecule has 3 rings (SSSR count). The van der Waals surface area contributed by atoms with E-state index in [0.29, 0.717) is 6.07 Å². The van der Waals surface area contributed by atoms with Crippen LogP contribution in [0.1, 0.15) is 55.0 Å². The molecular weight excluding hydrogens is 437 g/mol. The van der Waals surface area contributed by atoms with Gasteiger partial charge < -0.3 is 9.64 Å². The largest absolute Gasteiger partial charge is 0.459 e. The first kappa shape index (κ1) is 23.4. The molecule has 1 aromatic heterocycles. The zero-order valence-electron chi connectivity index (χ0n) is 17.6. The predicted molar refractivity (Wildman–Crippen MR) is 103 cm³/mol. The monoisotopic (exact) mass is 457 g/mol. The van der Waals surface area contributed by atoms with E-state index in [1.54, 1.807) is 13.8 Å². The number of aromatic nitrogens is 2. The lowest BCUT2D eigenvalue weighted by molar-refractivity contribution is -0.142. The van der Waals surface area contributed by atoms with Crippen LogP contribution in [0.15, 0.2) is 24.4 Å². The fourth-order valence-corrected chi connectivity index (χ4v) is 3.54. The first-order valence-corrected chi connectivity index (χ1v) is 9.57. The number of nitrogens with one attached hydrogen (secondary N) is 1. The van der Waals surface area contributed by atoms with E-state index < -0.39 is 58.0 Å². The summed E-state index contributed by atoms with van der Waals surface area (Å²) in [5.41, 5.74) is -4.08. The summed E-state index contributed by atoms with van der Waals surface area (Å²) in [6.07, 6.45) is -4.43. The van der Waals surface area contributed by atoms with Gasteiger partial charge in [0.2, 0.25) is 0 Å². The average Bonchev–Trinajstić information content (AvgIpc) is 3.05. The van der Waals surface area contributed by atoms with Gasteiger partial charge in [0.1, 0.15) is 28.6 Å². The molecule has 172 valence electrons. The number of esters is 1. The third kappa shape index (κ3) is 4.37. The van der Waals surface area contributed by atoms with E-state index in [0.717, 1.165) is 23.2 Å². The lowest BCUT2D eigenvalue weighted by Crippen LogP contribution is -2.38. The molecule has 11 heteroatoms. The molecule has 0 saturated carbocycles. The fraction of sp³-hybridized carbons (Fsp3) is 0.381. The van der Waals surface area contributed by atoms with E-state index >= 15 is 0 Å². The number of fused-ring (bicyclic) bond motifs is 1. The van der Waals surface area contributed by atoms with Crippen molar-refractivity contribution in [3.05, 3.63) is 58.5 Å². The van der Waals surface area contributed by atoms with Crippen molar-refractivity contribution in [2.45, 2.75) is 45.4 Å². The van der Waals surface area contributed by atoms with Crippen molar-refractivity contribution < 1.29 is 36.3 Å². The molecule has 1 N–H and O–H groups in total. The van der Waals surface area contributed by atoms with Crippen LogP contribution in [-0.2, 0) is 21.1 Å². The van der Waals surface area contributed by atoms with Crippen molar-refractivity contribution in [1.29, 1.82) is 0 Å². The molecule has 0 saturated heterocycles. The van der Waals surface area contributed by atoms with Gasteiger partial charge in [0.05, 0.1) is 11.7 Å². The van der Waals surface area contributed by atoms with Crippen LogP contribution < -0.4 is 0 Å². The van der Waals surface area contributed by atoms with Crippen molar-refractivity contribution in [2.75, 3.05) is 6.54 Å². The minimum Gasteiger partial charge on any atom is -0.459 e. The summed E-state index contributed by atoms with van der Waals surface area (Å²) in [6, 6.07) is 2.32. The maximum Gasteiger partial charge on any atom is 0.433 e. The number of aromatic amines is 1. The molecule has 0 spiro atoms. The van der Waals surface area contributed by atoms with Crippen LogP contribution >= 0.6 is 0 Å². The molecule has 32 heavy (non-hydrogen) atoms. The zero-order valence-corrected chi connectivity index (χ0v) is 17.6. The van der Waals surface area contributed by atoms with Crippen LogP contribution in [-0.4, -0.2) is 39.6 Å². The lowest BCUT2D eigenvalue weighted by Gasteiger charge is -2.30. The molecule has 2 heterocycles. The molecule has 0 bridgehead atoms. The molecule has 1 aromatic carbocycles. The van der Waals surface area contributed by atoms with Gasteiger partial charge in [-0.15, -0.1) is 0 Å². The number of H-pyrrole nitrogens is 1. The Labute approximate surface area is 180 Å². The highest BCUT2D eigenvalue weighted by Gasteiger charge is 2.46. The van der Waals surface area contributed by atoms with E-state index in [9.17, 15) is 31.5 Å². The molecule has 1 aliphatic rings. The molecule has 1 amide bonds. The molecule has 0 aliphatic carbocycles. The summed E-state index contributed by atoms with van der Waals surface area (Å²) in [4.78, 5) is 26.7. The van der Waals surface area contributed by atoms with E-state index in [4.69, 9.17) is 4.74 Å². The number of carbonyl (C=O) groups is 2. The van der Waals surface area contributed by atoms with Crippen LogP contribution in [0, 0.1) is 11.6 Å². The Morgan fingerprint density at radius 2 is 1.88 bits per heavy atom. The van der Waals surface area contributed by atoms with E-state index in [1.165, 1.54) is 13.8 Å². The third-order valence-corrected chi connectivity index (χ3v) is 4.82. The SMILES string of the molecule is CC(C)OC(=O)C1=CN(C(=O)c2ccc(F)cc2F)CC(C)(C)c2c1n[nH]c2C(F)(F)F.